The summed E-state index contributed by atoms with van der Waals surface area (Å²) >= 11 is 0. The van der Waals surface area contributed by atoms with Crippen LogP contribution in [0.15, 0.2) is 18.2 Å². The number of alkyl halides is 5. The normalized spacial score (nSPS) is 15.7. The summed E-state index contributed by atoms with van der Waals surface area (Å²) in [5.41, 5.74) is 5.05. The third-order valence-corrected chi connectivity index (χ3v) is 4.60. The number of ether oxygens (including phenoxy) is 2. The van der Waals surface area contributed by atoms with Crippen LogP contribution in [0.4, 0.5) is 33.3 Å². The summed E-state index contributed by atoms with van der Waals surface area (Å²) in [5, 5.41) is 2.14. The molecule has 1 fully saturated rings. The highest BCUT2D eigenvalue weighted by molar-refractivity contribution is 6.10. The van der Waals surface area contributed by atoms with Gasteiger partial charge in [-0.25, -0.2) is 0 Å². The molecule has 1 atom stereocenters. The number of nitrogens with two attached hydrogens (primary N) is 1. The van der Waals surface area contributed by atoms with Crippen LogP contribution >= 0.6 is 0 Å². The van der Waals surface area contributed by atoms with E-state index in [1.807, 2.05) is 0 Å². The van der Waals surface area contributed by atoms with Crippen molar-refractivity contribution >= 4 is 29.1 Å². The number of primary amides is 1. The maximum absolute atomic E-state index is 13.1. The van der Waals surface area contributed by atoms with Gasteiger partial charge in [0.15, 0.2) is 11.8 Å². The molecule has 14 heteroatoms. The van der Waals surface area contributed by atoms with Gasteiger partial charge in [-0.1, -0.05) is 13.8 Å². The molecule has 0 radical (unpaired) electrons. The quantitative estimate of drug-likeness (QED) is 0.378. The van der Waals surface area contributed by atoms with E-state index in [-0.39, 0.29) is 43.6 Å². The first-order chi connectivity index (χ1) is 15.8. The number of morpholine rings is 1. The Hall–Kier alpha value is -3.00. The van der Waals surface area contributed by atoms with Gasteiger partial charge in [0.2, 0.25) is 5.91 Å². The number of nitrogens with one attached hydrogen (secondary N) is 1. The second kappa shape index (κ2) is 11.4. The van der Waals surface area contributed by atoms with E-state index in [0.29, 0.717) is 4.90 Å². The molecule has 1 aliphatic heterocycles. The molecule has 0 saturated carbocycles. The first kappa shape index (κ1) is 27.2. The largest absolute Gasteiger partial charge is 0.433 e. The Bertz CT molecular complexity index is 897. The minimum absolute atomic E-state index is 0.143. The van der Waals surface area contributed by atoms with Crippen molar-refractivity contribution in [3.63, 3.8) is 0 Å². The highest BCUT2D eigenvalue weighted by Crippen LogP contribution is 2.32. The molecule has 2 rings (SSSR count). The van der Waals surface area contributed by atoms with Crippen LogP contribution in [0.5, 0.6) is 5.75 Å². The molecule has 1 heterocycles. The Balaban J connectivity index is 2.36. The van der Waals surface area contributed by atoms with Gasteiger partial charge in [-0.15, -0.1) is 0 Å². The number of benzene rings is 1. The summed E-state index contributed by atoms with van der Waals surface area (Å²) in [6, 6.07) is 1.47. The number of nitrogens with zero attached hydrogens (tertiary/aromatic N) is 2. The maximum Gasteiger partial charge on any atom is 0.401 e. The van der Waals surface area contributed by atoms with Crippen LogP contribution < -0.4 is 20.7 Å². The van der Waals surface area contributed by atoms with Gasteiger partial charge in [0.1, 0.15) is 6.61 Å². The molecule has 9 nitrogen and oxygen atoms in total. The van der Waals surface area contributed by atoms with E-state index in [1.54, 1.807) is 13.8 Å². The number of anilines is 2. The number of amides is 3. The smallest absolute Gasteiger partial charge is 0.401 e. The molecule has 0 aromatic heterocycles. The van der Waals surface area contributed by atoms with E-state index in [1.165, 1.54) is 11.0 Å². The zero-order valence-corrected chi connectivity index (χ0v) is 18.4. The van der Waals surface area contributed by atoms with Crippen LogP contribution in [-0.2, 0) is 19.1 Å². The van der Waals surface area contributed by atoms with Crippen molar-refractivity contribution in [3.05, 3.63) is 18.2 Å². The van der Waals surface area contributed by atoms with E-state index in [9.17, 15) is 36.3 Å². The lowest BCUT2D eigenvalue weighted by Crippen LogP contribution is -2.55. The SMILES string of the molecule is CC(C)CN(CC(F)(F)F)[C@@H](C(N)=O)C(=O)Nc1ccc(N2CCOCC2=O)cc1OC(F)F. The molecule has 1 aliphatic rings. The second-order valence-corrected chi connectivity index (χ2v) is 7.89. The molecule has 0 spiro atoms. The number of rotatable bonds is 10. The van der Waals surface area contributed by atoms with Gasteiger partial charge in [0.25, 0.3) is 11.8 Å². The van der Waals surface area contributed by atoms with Crippen LogP contribution in [0.3, 0.4) is 0 Å². The zero-order valence-electron chi connectivity index (χ0n) is 18.4. The molecule has 0 bridgehead atoms. The highest BCUT2D eigenvalue weighted by Gasteiger charge is 2.39. The number of halogens is 5. The number of carbonyl (C=O) groups is 3. The molecule has 1 saturated heterocycles. The molecule has 1 aromatic carbocycles. The van der Waals surface area contributed by atoms with Crippen molar-refractivity contribution in [3.8, 4) is 5.75 Å². The lowest BCUT2D eigenvalue weighted by Gasteiger charge is -2.31. The van der Waals surface area contributed by atoms with Gasteiger partial charge < -0.3 is 25.4 Å². The summed E-state index contributed by atoms with van der Waals surface area (Å²) in [4.78, 5) is 38.6. The van der Waals surface area contributed by atoms with Crippen molar-refractivity contribution in [2.24, 2.45) is 11.7 Å². The third kappa shape index (κ3) is 7.80. The van der Waals surface area contributed by atoms with Gasteiger partial charge in [0.05, 0.1) is 18.8 Å². The van der Waals surface area contributed by atoms with Crippen molar-refractivity contribution in [2.75, 3.05) is 43.1 Å². The monoisotopic (exact) mass is 496 g/mol. The molecule has 1 aromatic rings. The van der Waals surface area contributed by atoms with E-state index in [0.717, 1.165) is 12.1 Å². The van der Waals surface area contributed by atoms with E-state index in [4.69, 9.17) is 10.5 Å². The molecule has 0 unspecified atom stereocenters. The van der Waals surface area contributed by atoms with Crippen LogP contribution in [0, 0.1) is 5.92 Å². The van der Waals surface area contributed by atoms with Gasteiger partial charge >= 0.3 is 12.8 Å². The lowest BCUT2D eigenvalue weighted by atomic mass is 10.1. The Morgan fingerprint density at radius 1 is 1.29 bits per heavy atom. The highest BCUT2D eigenvalue weighted by atomic mass is 19.4. The summed E-state index contributed by atoms with van der Waals surface area (Å²) in [5.74, 6) is -3.97. The van der Waals surface area contributed by atoms with Gasteiger partial charge in [0, 0.05) is 24.8 Å². The number of carbonyl (C=O) groups excluding carboxylic acids is 3. The molecular weight excluding hydrogens is 471 g/mol. The Labute approximate surface area is 191 Å². The zero-order chi connectivity index (χ0) is 25.6. The summed E-state index contributed by atoms with van der Waals surface area (Å²) in [6.45, 7) is -1.90. The van der Waals surface area contributed by atoms with E-state index in [2.05, 4.69) is 10.1 Å². The summed E-state index contributed by atoms with van der Waals surface area (Å²) in [7, 11) is 0. The van der Waals surface area contributed by atoms with Gasteiger partial charge in [-0.2, -0.15) is 22.0 Å². The molecule has 34 heavy (non-hydrogen) atoms. The Morgan fingerprint density at radius 3 is 2.50 bits per heavy atom. The summed E-state index contributed by atoms with van der Waals surface area (Å²) in [6.07, 6.45) is -4.74. The summed E-state index contributed by atoms with van der Waals surface area (Å²) < 4.78 is 74.6. The minimum Gasteiger partial charge on any atom is -0.433 e. The Kier molecular flexibility index (Phi) is 9.15. The van der Waals surface area contributed by atoms with Crippen molar-refractivity contribution in [1.29, 1.82) is 0 Å². The predicted octanol–water partition coefficient (Wildman–Crippen LogP) is 1.96. The first-order valence-corrected chi connectivity index (χ1v) is 10.2. The molecule has 190 valence electrons. The average Bonchev–Trinajstić information content (AvgIpc) is 2.67. The van der Waals surface area contributed by atoms with E-state index < -0.39 is 48.8 Å². The van der Waals surface area contributed by atoms with Crippen LogP contribution in [-0.4, -0.2) is 74.3 Å². The predicted molar refractivity (Wildman–Crippen MR) is 110 cm³/mol. The standard InChI is InChI=1S/C20H25F5N4O5/c1-11(2)8-28(10-20(23,24)25)16(17(26)31)18(32)27-13-4-3-12(7-14(13)34-19(21)22)29-5-6-33-9-15(29)30/h3-4,7,11,16,19H,5-6,8-10H2,1-2H3,(H2,26,31)(H,27,32)/t16-/m0/s1. The average molecular weight is 496 g/mol. The fraction of sp³-hybridized carbons (Fsp3) is 0.550. The molecule has 3 amide bonds. The number of hydrogen-bond acceptors (Lipinski definition) is 6. The van der Waals surface area contributed by atoms with Crippen molar-refractivity contribution in [1.82, 2.24) is 4.90 Å². The van der Waals surface area contributed by atoms with Crippen molar-refractivity contribution < 1.29 is 45.8 Å². The van der Waals surface area contributed by atoms with Crippen LogP contribution in [0.1, 0.15) is 13.8 Å². The maximum atomic E-state index is 13.1. The lowest BCUT2D eigenvalue weighted by molar-refractivity contribution is -0.158. The first-order valence-electron chi connectivity index (χ1n) is 10.2. The van der Waals surface area contributed by atoms with Crippen LogP contribution in [0.2, 0.25) is 0 Å². The molecular formula is C20H25F5N4O5. The fourth-order valence-electron chi connectivity index (χ4n) is 3.40. The Morgan fingerprint density at radius 2 is 1.97 bits per heavy atom. The van der Waals surface area contributed by atoms with Gasteiger partial charge in [-0.3, -0.25) is 19.3 Å². The fourth-order valence-corrected chi connectivity index (χ4v) is 3.40. The van der Waals surface area contributed by atoms with E-state index >= 15 is 0 Å². The topological polar surface area (TPSA) is 114 Å². The number of hydrogen-bond donors (Lipinski definition) is 2. The van der Waals surface area contributed by atoms with Crippen LogP contribution in [0.25, 0.3) is 0 Å². The molecule has 0 aliphatic carbocycles. The third-order valence-electron chi connectivity index (χ3n) is 4.60. The van der Waals surface area contributed by atoms with Gasteiger partial charge in [-0.05, 0) is 18.1 Å². The molecule has 3 N–H and O–H groups in total. The second-order valence-electron chi connectivity index (χ2n) is 7.89. The van der Waals surface area contributed by atoms with Crippen molar-refractivity contribution in [2.45, 2.75) is 32.7 Å². The minimum atomic E-state index is -4.74.